The van der Waals surface area contributed by atoms with Crippen molar-refractivity contribution in [2.24, 2.45) is 0 Å². The molecule has 0 saturated carbocycles. The Bertz CT molecular complexity index is 473. The topological polar surface area (TPSA) is 60.9 Å². The fourth-order valence-corrected chi connectivity index (χ4v) is 2.13. The van der Waals surface area contributed by atoms with Gasteiger partial charge >= 0.3 is 5.97 Å². The SMILES string of the molecule is CN1C(=O)CCN(CCC(=O)O)c2ccccc21. The molecule has 0 spiro atoms. The monoisotopic (exact) mass is 248 g/mol. The first-order chi connectivity index (χ1) is 8.59. The van der Waals surface area contributed by atoms with E-state index in [1.165, 1.54) is 0 Å². The molecule has 2 rings (SSSR count). The third-order valence-corrected chi connectivity index (χ3v) is 3.15. The number of carbonyl (C=O) groups is 2. The number of carboxylic acids is 1. The van der Waals surface area contributed by atoms with Gasteiger partial charge in [-0.05, 0) is 12.1 Å². The molecule has 1 amide bonds. The summed E-state index contributed by atoms with van der Waals surface area (Å²) in [4.78, 5) is 26.1. The van der Waals surface area contributed by atoms with Gasteiger partial charge in [0.2, 0.25) is 5.91 Å². The lowest BCUT2D eigenvalue weighted by molar-refractivity contribution is -0.136. The second-order valence-electron chi connectivity index (χ2n) is 4.32. The van der Waals surface area contributed by atoms with Gasteiger partial charge in [0.25, 0.3) is 0 Å². The van der Waals surface area contributed by atoms with Gasteiger partial charge in [-0.25, -0.2) is 0 Å². The summed E-state index contributed by atoms with van der Waals surface area (Å²) in [6.07, 6.45) is 0.483. The Morgan fingerprint density at radius 2 is 2.00 bits per heavy atom. The van der Waals surface area contributed by atoms with Crippen molar-refractivity contribution >= 4 is 23.3 Å². The van der Waals surface area contributed by atoms with Crippen molar-refractivity contribution in [3.63, 3.8) is 0 Å². The van der Waals surface area contributed by atoms with E-state index < -0.39 is 5.97 Å². The number of carboxylic acid groups (broad SMARTS) is 1. The van der Waals surface area contributed by atoms with E-state index in [1.54, 1.807) is 11.9 Å². The van der Waals surface area contributed by atoms with Gasteiger partial charge in [0, 0.05) is 26.6 Å². The van der Waals surface area contributed by atoms with E-state index in [0.29, 0.717) is 19.5 Å². The molecule has 18 heavy (non-hydrogen) atoms. The molecule has 0 radical (unpaired) electrons. The molecular formula is C13H16N2O3. The van der Waals surface area contributed by atoms with E-state index in [-0.39, 0.29) is 12.3 Å². The Hall–Kier alpha value is -2.04. The molecule has 0 unspecified atom stereocenters. The first kappa shape index (κ1) is 12.4. The lowest BCUT2D eigenvalue weighted by atomic mass is 10.2. The van der Waals surface area contributed by atoms with Gasteiger partial charge in [-0.2, -0.15) is 0 Å². The number of aliphatic carboxylic acids is 1. The highest BCUT2D eigenvalue weighted by Crippen LogP contribution is 2.31. The summed E-state index contributed by atoms with van der Waals surface area (Å²) >= 11 is 0. The zero-order valence-corrected chi connectivity index (χ0v) is 10.3. The summed E-state index contributed by atoms with van der Waals surface area (Å²) in [5.41, 5.74) is 1.76. The molecule has 0 aliphatic carbocycles. The fraction of sp³-hybridized carbons (Fsp3) is 0.385. The summed E-state index contributed by atoms with van der Waals surface area (Å²) in [5, 5.41) is 8.76. The van der Waals surface area contributed by atoms with Gasteiger partial charge in [0.1, 0.15) is 0 Å². The molecule has 1 aliphatic rings. The predicted octanol–water partition coefficient (Wildman–Crippen LogP) is 1.33. The molecule has 0 fully saturated rings. The number of benzene rings is 1. The van der Waals surface area contributed by atoms with Gasteiger partial charge < -0.3 is 14.9 Å². The van der Waals surface area contributed by atoms with Gasteiger partial charge in [-0.3, -0.25) is 9.59 Å². The van der Waals surface area contributed by atoms with Crippen molar-refractivity contribution in [2.75, 3.05) is 29.9 Å². The average molecular weight is 248 g/mol. The number of fused-ring (bicyclic) bond motifs is 1. The summed E-state index contributed by atoms with van der Waals surface area (Å²) in [6.45, 7) is 0.987. The minimum atomic E-state index is -0.823. The Balaban J connectivity index is 2.30. The highest BCUT2D eigenvalue weighted by Gasteiger charge is 2.23. The quantitative estimate of drug-likeness (QED) is 0.876. The maximum Gasteiger partial charge on any atom is 0.305 e. The van der Waals surface area contributed by atoms with Gasteiger partial charge in [-0.15, -0.1) is 0 Å². The van der Waals surface area contributed by atoms with E-state index in [4.69, 9.17) is 5.11 Å². The van der Waals surface area contributed by atoms with Crippen molar-refractivity contribution < 1.29 is 14.7 Å². The molecule has 96 valence electrons. The molecule has 1 N–H and O–H groups in total. The number of hydrogen-bond acceptors (Lipinski definition) is 3. The number of hydrogen-bond donors (Lipinski definition) is 1. The first-order valence-corrected chi connectivity index (χ1v) is 5.92. The summed E-state index contributed by atoms with van der Waals surface area (Å²) in [5.74, 6) is -0.767. The van der Waals surface area contributed by atoms with Crippen LogP contribution in [0.5, 0.6) is 0 Å². The molecular weight excluding hydrogens is 232 g/mol. The minimum Gasteiger partial charge on any atom is -0.481 e. The summed E-state index contributed by atoms with van der Waals surface area (Å²) in [7, 11) is 1.75. The first-order valence-electron chi connectivity index (χ1n) is 5.92. The van der Waals surface area contributed by atoms with Gasteiger partial charge in [0.05, 0.1) is 17.8 Å². The van der Waals surface area contributed by atoms with Crippen LogP contribution in [0, 0.1) is 0 Å². The van der Waals surface area contributed by atoms with Crippen LogP contribution >= 0.6 is 0 Å². The van der Waals surface area contributed by atoms with Crippen LogP contribution in [0.3, 0.4) is 0 Å². The number of amides is 1. The number of nitrogens with zero attached hydrogens (tertiary/aromatic N) is 2. The zero-order chi connectivity index (χ0) is 13.1. The minimum absolute atomic E-state index is 0.0558. The van der Waals surface area contributed by atoms with Crippen LogP contribution in [0.4, 0.5) is 11.4 Å². The molecule has 5 nitrogen and oxygen atoms in total. The standard InChI is InChI=1S/C13H16N2O3/c1-14-10-4-2-3-5-11(10)15(8-6-12(14)16)9-7-13(17)18/h2-5H,6-9H2,1H3,(H,17,18). The van der Waals surface area contributed by atoms with E-state index in [1.807, 2.05) is 29.2 Å². The van der Waals surface area contributed by atoms with Crippen molar-refractivity contribution in [1.82, 2.24) is 0 Å². The van der Waals surface area contributed by atoms with Crippen molar-refractivity contribution in [3.8, 4) is 0 Å². The number of anilines is 2. The lowest BCUT2D eigenvalue weighted by Gasteiger charge is -2.24. The normalized spacial score (nSPS) is 15.3. The molecule has 5 heteroatoms. The largest absolute Gasteiger partial charge is 0.481 e. The van der Waals surface area contributed by atoms with E-state index >= 15 is 0 Å². The zero-order valence-electron chi connectivity index (χ0n) is 10.3. The van der Waals surface area contributed by atoms with Crippen LogP contribution in [-0.2, 0) is 9.59 Å². The van der Waals surface area contributed by atoms with Crippen LogP contribution in [0.15, 0.2) is 24.3 Å². The highest BCUT2D eigenvalue weighted by atomic mass is 16.4. The van der Waals surface area contributed by atoms with E-state index in [2.05, 4.69) is 0 Å². The molecule has 0 saturated heterocycles. The van der Waals surface area contributed by atoms with Crippen molar-refractivity contribution in [3.05, 3.63) is 24.3 Å². The number of carbonyl (C=O) groups excluding carboxylic acids is 1. The van der Waals surface area contributed by atoms with Crippen molar-refractivity contribution in [2.45, 2.75) is 12.8 Å². The molecule has 0 atom stereocenters. The molecule has 1 aliphatic heterocycles. The van der Waals surface area contributed by atoms with E-state index in [0.717, 1.165) is 11.4 Å². The smallest absolute Gasteiger partial charge is 0.305 e. The predicted molar refractivity (Wildman–Crippen MR) is 68.9 cm³/mol. The molecule has 0 aromatic heterocycles. The molecule has 1 aromatic carbocycles. The van der Waals surface area contributed by atoms with Gasteiger partial charge in [0.15, 0.2) is 0 Å². The van der Waals surface area contributed by atoms with Crippen molar-refractivity contribution in [1.29, 1.82) is 0 Å². The summed E-state index contributed by atoms with van der Waals surface area (Å²) in [6, 6.07) is 7.58. The number of rotatable bonds is 3. The third kappa shape index (κ3) is 2.45. The van der Waals surface area contributed by atoms with Crippen LogP contribution in [0.25, 0.3) is 0 Å². The van der Waals surface area contributed by atoms with Crippen LogP contribution in [0.1, 0.15) is 12.8 Å². The average Bonchev–Trinajstić information content (AvgIpc) is 2.48. The maximum atomic E-state index is 11.8. The van der Waals surface area contributed by atoms with Crippen LogP contribution in [0.2, 0.25) is 0 Å². The number of para-hydroxylation sites is 2. The molecule has 1 heterocycles. The third-order valence-electron chi connectivity index (χ3n) is 3.15. The molecule has 1 aromatic rings. The Morgan fingerprint density at radius 3 is 2.67 bits per heavy atom. The van der Waals surface area contributed by atoms with Gasteiger partial charge in [-0.1, -0.05) is 12.1 Å². The van der Waals surface area contributed by atoms with Crippen LogP contribution in [-0.4, -0.2) is 37.1 Å². The molecule has 0 bridgehead atoms. The van der Waals surface area contributed by atoms with E-state index in [9.17, 15) is 9.59 Å². The fourth-order valence-electron chi connectivity index (χ4n) is 2.13. The second-order valence-corrected chi connectivity index (χ2v) is 4.32. The second kappa shape index (κ2) is 5.08. The maximum absolute atomic E-state index is 11.8. The van der Waals surface area contributed by atoms with Crippen LogP contribution < -0.4 is 9.80 Å². The lowest BCUT2D eigenvalue weighted by Crippen LogP contribution is -2.27. The summed E-state index contributed by atoms with van der Waals surface area (Å²) < 4.78 is 0. The Morgan fingerprint density at radius 1 is 1.33 bits per heavy atom. The Labute approximate surface area is 106 Å². The Kier molecular flexibility index (Phi) is 3.50. The highest BCUT2D eigenvalue weighted by molar-refractivity contribution is 5.98.